The predicted molar refractivity (Wildman–Crippen MR) is 130 cm³/mol. The zero-order valence-corrected chi connectivity index (χ0v) is 19.9. The number of hydrogen-bond acceptors (Lipinski definition) is 5. The van der Waals surface area contributed by atoms with Crippen molar-refractivity contribution in [3.05, 3.63) is 65.4 Å². The molecule has 1 aromatic heterocycles. The van der Waals surface area contributed by atoms with Gasteiger partial charge in [0.15, 0.2) is 5.69 Å². The minimum Gasteiger partial charge on any atom is -0.378 e. The van der Waals surface area contributed by atoms with Gasteiger partial charge in [0.25, 0.3) is 5.91 Å². The maximum Gasteiger partial charge on any atom is 0.274 e. The number of carbonyl (C=O) groups is 1. The van der Waals surface area contributed by atoms with Crippen LogP contribution in [0.25, 0.3) is 16.9 Å². The van der Waals surface area contributed by atoms with E-state index in [2.05, 4.69) is 29.2 Å². The molecule has 3 aromatic rings. The van der Waals surface area contributed by atoms with Crippen molar-refractivity contribution >= 4 is 16.7 Å². The smallest absolute Gasteiger partial charge is 0.274 e. The molecule has 0 radical (unpaired) electrons. The summed E-state index contributed by atoms with van der Waals surface area (Å²) in [6, 6.07) is 16.2. The van der Waals surface area contributed by atoms with E-state index < -0.39 is 10.8 Å². The molecule has 4 heterocycles. The Hall–Kier alpha value is -2.81. The third kappa shape index (κ3) is 3.89. The molecule has 8 heteroatoms. The largest absolute Gasteiger partial charge is 0.378 e. The van der Waals surface area contributed by atoms with Gasteiger partial charge in [-0.2, -0.15) is 5.10 Å². The van der Waals surface area contributed by atoms with Gasteiger partial charge in [0.05, 0.1) is 41.1 Å². The summed E-state index contributed by atoms with van der Waals surface area (Å²) in [4.78, 5) is 18.5. The molecule has 1 amide bonds. The van der Waals surface area contributed by atoms with Gasteiger partial charge in [-0.3, -0.25) is 13.9 Å². The monoisotopic (exact) mass is 476 g/mol. The normalized spacial score (nSPS) is 20.2. The summed E-state index contributed by atoms with van der Waals surface area (Å²) >= 11 is 0. The van der Waals surface area contributed by atoms with E-state index in [1.54, 1.807) is 4.90 Å². The van der Waals surface area contributed by atoms with Gasteiger partial charge in [0.2, 0.25) is 0 Å². The first-order chi connectivity index (χ1) is 16.7. The highest BCUT2D eigenvalue weighted by molar-refractivity contribution is 7.84. The summed E-state index contributed by atoms with van der Waals surface area (Å²) in [5.74, 6) is 0.186. The van der Waals surface area contributed by atoms with Gasteiger partial charge in [-0.15, -0.1) is 0 Å². The number of rotatable bonds is 4. The number of fused-ring (bicyclic) bond motifs is 3. The van der Waals surface area contributed by atoms with Crippen LogP contribution in [0.4, 0.5) is 0 Å². The summed E-state index contributed by atoms with van der Waals surface area (Å²) in [6.07, 6.45) is 2.55. The highest BCUT2D eigenvalue weighted by atomic mass is 32.2. The SMILES string of the molecule is O=C(c1nn(-c2ccc(CN3CCCC3)cc2)c2c1CS(=O)c1ccccc1-2)N1CCOCC1. The van der Waals surface area contributed by atoms with E-state index in [4.69, 9.17) is 9.84 Å². The average molecular weight is 477 g/mol. The highest BCUT2D eigenvalue weighted by Crippen LogP contribution is 2.39. The topological polar surface area (TPSA) is 67.7 Å². The first-order valence-corrected chi connectivity index (χ1v) is 13.3. The second kappa shape index (κ2) is 9.09. The van der Waals surface area contributed by atoms with Crippen molar-refractivity contribution in [2.45, 2.75) is 30.0 Å². The van der Waals surface area contributed by atoms with Crippen molar-refractivity contribution in [2.24, 2.45) is 0 Å². The number of benzene rings is 2. The molecular formula is C26H28N4O3S. The Balaban J connectivity index is 1.42. The maximum absolute atomic E-state index is 13.5. The van der Waals surface area contributed by atoms with Crippen molar-refractivity contribution < 1.29 is 13.7 Å². The molecule has 1 atom stereocenters. The van der Waals surface area contributed by atoms with E-state index in [-0.39, 0.29) is 5.91 Å². The molecule has 6 rings (SSSR count). The van der Waals surface area contributed by atoms with Crippen molar-refractivity contribution in [1.82, 2.24) is 19.6 Å². The van der Waals surface area contributed by atoms with Crippen LogP contribution in [0.3, 0.4) is 0 Å². The van der Waals surface area contributed by atoms with Crippen LogP contribution in [0.2, 0.25) is 0 Å². The molecule has 2 fully saturated rings. The number of likely N-dealkylation sites (tertiary alicyclic amines) is 1. The number of nitrogens with zero attached hydrogens (tertiary/aromatic N) is 4. The van der Waals surface area contributed by atoms with Crippen LogP contribution in [-0.2, 0) is 27.8 Å². The lowest BCUT2D eigenvalue weighted by Crippen LogP contribution is -2.41. The molecular weight excluding hydrogens is 448 g/mol. The van der Waals surface area contributed by atoms with E-state index in [9.17, 15) is 9.00 Å². The van der Waals surface area contributed by atoms with E-state index in [0.717, 1.165) is 47.0 Å². The van der Waals surface area contributed by atoms with Crippen LogP contribution in [0.1, 0.15) is 34.5 Å². The van der Waals surface area contributed by atoms with Crippen molar-refractivity contribution in [2.75, 3.05) is 39.4 Å². The first kappa shape index (κ1) is 21.7. The third-order valence-corrected chi connectivity index (χ3v) is 8.33. The molecule has 0 N–H and O–H groups in total. The van der Waals surface area contributed by atoms with E-state index in [1.807, 2.05) is 28.9 Å². The predicted octanol–water partition coefficient (Wildman–Crippen LogP) is 3.23. The summed E-state index contributed by atoms with van der Waals surface area (Å²) in [5.41, 5.74) is 5.12. The first-order valence-electron chi connectivity index (χ1n) is 12.0. The molecule has 0 bridgehead atoms. The molecule has 2 aromatic carbocycles. The molecule has 3 aliphatic rings. The van der Waals surface area contributed by atoms with Crippen LogP contribution in [0, 0.1) is 0 Å². The number of ether oxygens (including phenoxy) is 1. The highest BCUT2D eigenvalue weighted by Gasteiger charge is 2.34. The fraction of sp³-hybridized carbons (Fsp3) is 0.385. The van der Waals surface area contributed by atoms with Crippen LogP contribution in [0.15, 0.2) is 53.4 Å². The molecule has 0 saturated carbocycles. The lowest BCUT2D eigenvalue weighted by molar-refractivity contribution is 0.0298. The van der Waals surface area contributed by atoms with Gasteiger partial charge in [-0.1, -0.05) is 30.3 Å². The Kier molecular flexibility index (Phi) is 5.80. The number of amides is 1. The van der Waals surface area contributed by atoms with Crippen LogP contribution in [0.5, 0.6) is 0 Å². The second-order valence-electron chi connectivity index (χ2n) is 9.13. The maximum atomic E-state index is 13.5. The molecule has 0 spiro atoms. The van der Waals surface area contributed by atoms with Gasteiger partial charge in [0, 0.05) is 35.7 Å². The van der Waals surface area contributed by atoms with Crippen LogP contribution >= 0.6 is 0 Å². The summed E-state index contributed by atoms with van der Waals surface area (Å²) in [5, 5.41) is 4.84. The van der Waals surface area contributed by atoms with E-state index in [1.165, 1.54) is 18.4 Å². The number of hydrogen-bond donors (Lipinski definition) is 0. The number of carbonyl (C=O) groups excluding carboxylic acids is 1. The van der Waals surface area contributed by atoms with Gasteiger partial charge in [0.1, 0.15) is 0 Å². The lowest BCUT2D eigenvalue weighted by Gasteiger charge is -2.26. The molecule has 176 valence electrons. The van der Waals surface area contributed by atoms with Gasteiger partial charge < -0.3 is 9.64 Å². The van der Waals surface area contributed by atoms with Gasteiger partial charge >= 0.3 is 0 Å². The quantitative estimate of drug-likeness (QED) is 0.578. The van der Waals surface area contributed by atoms with Gasteiger partial charge in [-0.05, 0) is 49.7 Å². The standard InChI is InChI=1S/C26H28N4O3S/c31-26(29-13-15-33-16-14-29)24-22-18-34(32)23-6-2-1-5-21(23)25(22)30(27-24)20-9-7-19(8-10-20)17-28-11-3-4-12-28/h1-2,5-10H,3-4,11-18H2. The average Bonchev–Trinajstić information content (AvgIpc) is 3.53. The fourth-order valence-electron chi connectivity index (χ4n) is 5.15. The van der Waals surface area contributed by atoms with Crippen molar-refractivity contribution in [3.8, 4) is 16.9 Å². The zero-order chi connectivity index (χ0) is 23.1. The summed E-state index contributed by atoms with van der Waals surface area (Å²) < 4.78 is 20.4. The molecule has 0 aliphatic carbocycles. The van der Waals surface area contributed by atoms with Crippen LogP contribution < -0.4 is 0 Å². The molecule has 3 aliphatic heterocycles. The Morgan fingerprint density at radius 3 is 2.47 bits per heavy atom. The molecule has 34 heavy (non-hydrogen) atoms. The second-order valence-corrected chi connectivity index (χ2v) is 10.5. The Morgan fingerprint density at radius 1 is 0.971 bits per heavy atom. The van der Waals surface area contributed by atoms with Crippen LogP contribution in [-0.4, -0.2) is 69.1 Å². The Bertz CT molecular complexity index is 1240. The Morgan fingerprint density at radius 2 is 1.71 bits per heavy atom. The number of morpholine rings is 1. The molecule has 2 saturated heterocycles. The minimum atomic E-state index is -1.21. The van der Waals surface area contributed by atoms with Gasteiger partial charge in [-0.25, -0.2) is 4.68 Å². The van der Waals surface area contributed by atoms with E-state index in [0.29, 0.717) is 37.8 Å². The third-order valence-electron chi connectivity index (χ3n) is 6.93. The molecule has 1 unspecified atom stereocenters. The zero-order valence-electron chi connectivity index (χ0n) is 19.1. The lowest BCUT2D eigenvalue weighted by atomic mass is 10.0. The minimum absolute atomic E-state index is 0.111. The number of aromatic nitrogens is 2. The fourth-order valence-corrected chi connectivity index (χ4v) is 6.48. The summed E-state index contributed by atoms with van der Waals surface area (Å²) in [6.45, 7) is 5.44. The van der Waals surface area contributed by atoms with Crippen molar-refractivity contribution in [1.29, 1.82) is 0 Å². The summed E-state index contributed by atoms with van der Waals surface area (Å²) in [7, 11) is -1.21. The Labute approximate surface area is 201 Å². The molecule has 7 nitrogen and oxygen atoms in total. The van der Waals surface area contributed by atoms with E-state index >= 15 is 0 Å². The van der Waals surface area contributed by atoms with Crippen molar-refractivity contribution in [3.63, 3.8) is 0 Å².